The number of halogens is 1. The summed E-state index contributed by atoms with van der Waals surface area (Å²) in [4.78, 5) is 0. The molecule has 0 heterocycles. The number of nitrogens with one attached hydrogen (secondary N) is 1. The third-order valence-electron chi connectivity index (χ3n) is 3.47. The maximum Gasteiger partial charge on any atom is 0.0772 e. The highest BCUT2D eigenvalue weighted by molar-refractivity contribution is 6.33. The summed E-state index contributed by atoms with van der Waals surface area (Å²) >= 11 is 6.20. The second-order valence-corrected chi connectivity index (χ2v) is 5.20. The summed E-state index contributed by atoms with van der Waals surface area (Å²) in [6.07, 6.45) is 5.12. The predicted molar refractivity (Wildman–Crippen MR) is 72.9 cm³/mol. The number of rotatable bonds is 3. The number of methoxy groups -OCH3 is 1. The maximum absolute atomic E-state index is 6.20. The van der Waals surface area contributed by atoms with Gasteiger partial charge in [0, 0.05) is 7.11 Å². The second-order valence-electron chi connectivity index (χ2n) is 4.79. The summed E-state index contributed by atoms with van der Waals surface area (Å²) in [6, 6.07) is 6.46. The SMILES string of the molecule is COC1CCCCC1Nc1cc(C)ccc1Cl. The molecule has 1 N–H and O–H groups in total. The zero-order valence-corrected chi connectivity index (χ0v) is 11.3. The van der Waals surface area contributed by atoms with Crippen LogP contribution < -0.4 is 5.32 Å². The van der Waals surface area contributed by atoms with E-state index < -0.39 is 0 Å². The first kappa shape index (κ1) is 12.7. The van der Waals surface area contributed by atoms with Crippen LogP contribution in [-0.2, 0) is 4.74 Å². The van der Waals surface area contributed by atoms with Gasteiger partial charge in [0.25, 0.3) is 0 Å². The minimum atomic E-state index is 0.306. The molecule has 17 heavy (non-hydrogen) atoms. The molecule has 1 aliphatic carbocycles. The van der Waals surface area contributed by atoms with Gasteiger partial charge >= 0.3 is 0 Å². The Hall–Kier alpha value is -0.730. The molecule has 2 nitrogen and oxygen atoms in total. The standard InChI is InChI=1S/C14H20ClNO/c1-10-7-8-11(15)13(9-10)16-12-5-3-4-6-14(12)17-2/h7-9,12,14,16H,3-6H2,1-2H3. The van der Waals surface area contributed by atoms with Crippen molar-refractivity contribution in [2.75, 3.05) is 12.4 Å². The van der Waals surface area contributed by atoms with Gasteiger partial charge in [-0.3, -0.25) is 0 Å². The molecule has 0 amide bonds. The Morgan fingerprint density at radius 3 is 2.82 bits per heavy atom. The van der Waals surface area contributed by atoms with Crippen molar-refractivity contribution in [2.45, 2.75) is 44.8 Å². The third kappa shape index (κ3) is 3.14. The van der Waals surface area contributed by atoms with Crippen LogP contribution in [0.2, 0.25) is 5.02 Å². The van der Waals surface area contributed by atoms with Gasteiger partial charge in [-0.05, 0) is 37.5 Å². The van der Waals surface area contributed by atoms with E-state index in [4.69, 9.17) is 16.3 Å². The summed E-state index contributed by atoms with van der Waals surface area (Å²) in [5.41, 5.74) is 2.25. The lowest BCUT2D eigenvalue weighted by Gasteiger charge is -2.32. The fourth-order valence-electron chi connectivity index (χ4n) is 2.49. The normalized spacial score (nSPS) is 24.6. The molecule has 2 atom stereocenters. The van der Waals surface area contributed by atoms with E-state index >= 15 is 0 Å². The summed E-state index contributed by atoms with van der Waals surface area (Å²) in [7, 11) is 1.79. The van der Waals surface area contributed by atoms with Gasteiger partial charge in [0.2, 0.25) is 0 Å². The molecule has 1 aliphatic rings. The van der Waals surface area contributed by atoms with Crippen molar-refractivity contribution in [3.8, 4) is 0 Å². The van der Waals surface area contributed by atoms with Gasteiger partial charge in [-0.2, -0.15) is 0 Å². The van der Waals surface area contributed by atoms with Gasteiger partial charge in [-0.15, -0.1) is 0 Å². The lowest BCUT2D eigenvalue weighted by Crippen LogP contribution is -2.37. The molecule has 0 saturated heterocycles. The minimum absolute atomic E-state index is 0.306. The van der Waals surface area contributed by atoms with E-state index in [-0.39, 0.29) is 0 Å². The quantitative estimate of drug-likeness (QED) is 0.879. The smallest absolute Gasteiger partial charge is 0.0772 e. The minimum Gasteiger partial charge on any atom is -0.379 e. The number of hydrogen-bond donors (Lipinski definition) is 1. The monoisotopic (exact) mass is 253 g/mol. The van der Waals surface area contributed by atoms with E-state index in [0.29, 0.717) is 12.1 Å². The van der Waals surface area contributed by atoms with Crippen LogP contribution in [0.5, 0.6) is 0 Å². The van der Waals surface area contributed by atoms with E-state index in [0.717, 1.165) is 23.6 Å². The highest BCUT2D eigenvalue weighted by Gasteiger charge is 2.25. The molecule has 2 rings (SSSR count). The highest BCUT2D eigenvalue weighted by Crippen LogP contribution is 2.28. The van der Waals surface area contributed by atoms with Gasteiger partial charge in [-0.1, -0.05) is 30.5 Å². The molecule has 0 radical (unpaired) electrons. The molecule has 1 fully saturated rings. The van der Waals surface area contributed by atoms with Crippen molar-refractivity contribution in [2.24, 2.45) is 0 Å². The molecule has 94 valence electrons. The van der Waals surface area contributed by atoms with Crippen molar-refractivity contribution < 1.29 is 4.74 Å². The molecule has 0 spiro atoms. The Morgan fingerprint density at radius 2 is 2.06 bits per heavy atom. The predicted octanol–water partition coefficient (Wildman–Crippen LogP) is 4.02. The van der Waals surface area contributed by atoms with E-state index in [1.165, 1.54) is 18.4 Å². The Kier molecular flexibility index (Phi) is 4.30. The van der Waals surface area contributed by atoms with Gasteiger partial charge in [0.05, 0.1) is 22.9 Å². The van der Waals surface area contributed by atoms with Crippen LogP contribution in [0, 0.1) is 6.92 Å². The third-order valence-corrected chi connectivity index (χ3v) is 3.80. The van der Waals surface area contributed by atoms with Gasteiger partial charge < -0.3 is 10.1 Å². The summed E-state index contributed by atoms with van der Waals surface area (Å²) in [5, 5.41) is 4.32. The Balaban J connectivity index is 2.10. The average Bonchev–Trinajstić information content (AvgIpc) is 2.34. The first-order chi connectivity index (χ1) is 8.20. The van der Waals surface area contributed by atoms with Crippen LogP contribution in [0.3, 0.4) is 0 Å². The topological polar surface area (TPSA) is 21.3 Å². The summed E-state index contributed by atoms with van der Waals surface area (Å²) in [6.45, 7) is 2.08. The molecular formula is C14H20ClNO. The summed E-state index contributed by atoms with van der Waals surface area (Å²) < 4.78 is 5.54. The molecule has 0 bridgehead atoms. The van der Waals surface area contributed by atoms with E-state index in [9.17, 15) is 0 Å². The average molecular weight is 254 g/mol. The van der Waals surface area contributed by atoms with Crippen molar-refractivity contribution in [1.29, 1.82) is 0 Å². The molecule has 0 aliphatic heterocycles. The van der Waals surface area contributed by atoms with Crippen LogP contribution in [0.25, 0.3) is 0 Å². The Labute approximate surface area is 108 Å². The Morgan fingerprint density at radius 1 is 1.29 bits per heavy atom. The van der Waals surface area contributed by atoms with Crippen molar-refractivity contribution >= 4 is 17.3 Å². The molecular weight excluding hydrogens is 234 g/mol. The van der Waals surface area contributed by atoms with E-state index in [1.807, 2.05) is 12.1 Å². The molecule has 1 aromatic carbocycles. The lowest BCUT2D eigenvalue weighted by atomic mass is 9.92. The molecule has 1 saturated carbocycles. The molecule has 0 aromatic heterocycles. The second kappa shape index (κ2) is 5.74. The Bertz CT molecular complexity index is 380. The van der Waals surface area contributed by atoms with E-state index in [1.54, 1.807) is 7.11 Å². The first-order valence-corrected chi connectivity index (χ1v) is 6.64. The zero-order chi connectivity index (χ0) is 12.3. The van der Waals surface area contributed by atoms with Crippen molar-refractivity contribution in [3.63, 3.8) is 0 Å². The number of aryl methyl sites for hydroxylation is 1. The zero-order valence-electron chi connectivity index (χ0n) is 10.5. The molecule has 1 aromatic rings. The van der Waals surface area contributed by atoms with Gasteiger partial charge in [-0.25, -0.2) is 0 Å². The fourth-order valence-corrected chi connectivity index (χ4v) is 2.67. The lowest BCUT2D eigenvalue weighted by molar-refractivity contribution is 0.0606. The van der Waals surface area contributed by atoms with Crippen LogP contribution in [0.1, 0.15) is 31.2 Å². The molecule has 3 heteroatoms. The number of anilines is 1. The van der Waals surface area contributed by atoms with Crippen LogP contribution in [0.4, 0.5) is 5.69 Å². The van der Waals surface area contributed by atoms with Gasteiger partial charge in [0.1, 0.15) is 0 Å². The largest absolute Gasteiger partial charge is 0.379 e. The number of ether oxygens (including phenoxy) is 1. The molecule has 2 unspecified atom stereocenters. The van der Waals surface area contributed by atoms with Crippen molar-refractivity contribution in [1.82, 2.24) is 0 Å². The highest BCUT2D eigenvalue weighted by atomic mass is 35.5. The fraction of sp³-hybridized carbons (Fsp3) is 0.571. The van der Waals surface area contributed by atoms with Crippen molar-refractivity contribution in [3.05, 3.63) is 28.8 Å². The maximum atomic E-state index is 6.20. The number of benzene rings is 1. The summed E-state index contributed by atoms with van der Waals surface area (Å²) in [5.74, 6) is 0. The van der Waals surface area contributed by atoms with Crippen LogP contribution in [-0.4, -0.2) is 19.3 Å². The van der Waals surface area contributed by atoms with E-state index in [2.05, 4.69) is 18.3 Å². The van der Waals surface area contributed by atoms with Gasteiger partial charge in [0.15, 0.2) is 0 Å². The van der Waals surface area contributed by atoms with Crippen LogP contribution >= 0.6 is 11.6 Å². The van der Waals surface area contributed by atoms with Crippen LogP contribution in [0.15, 0.2) is 18.2 Å². The first-order valence-electron chi connectivity index (χ1n) is 6.26. The number of hydrogen-bond acceptors (Lipinski definition) is 2.